The molecule has 0 heterocycles. The van der Waals surface area contributed by atoms with Crippen LogP contribution < -0.4 is 4.74 Å². The molecule has 3 nitrogen and oxygen atoms in total. The Labute approximate surface area is 97.2 Å². The highest BCUT2D eigenvalue weighted by Gasteiger charge is 2.10. The second-order valence-electron chi connectivity index (χ2n) is 3.33. The van der Waals surface area contributed by atoms with Crippen LogP contribution in [0.3, 0.4) is 0 Å². The number of ether oxygens (including phenoxy) is 1. The molecule has 1 aromatic carbocycles. The van der Waals surface area contributed by atoms with E-state index in [-0.39, 0.29) is 5.92 Å². The fraction of sp³-hybridized carbons (Fsp3) is 0.364. The molecule has 0 saturated carbocycles. The Hall–Kier alpha value is -1.03. The molecular formula is C11H13BrO3. The van der Waals surface area contributed by atoms with Gasteiger partial charge in [-0.05, 0) is 30.7 Å². The standard InChI is InChI=1S/C11H13BrO3/c1-8(11(13)14)6-7-15-10-4-2-9(12)3-5-10/h2-5,8H,6-7H2,1H3,(H,13,14). The topological polar surface area (TPSA) is 46.5 Å². The lowest BCUT2D eigenvalue weighted by atomic mass is 10.1. The SMILES string of the molecule is CC(CCOc1ccc(Br)cc1)C(=O)O. The predicted molar refractivity (Wildman–Crippen MR) is 61.1 cm³/mol. The summed E-state index contributed by atoms with van der Waals surface area (Å²) in [7, 11) is 0. The summed E-state index contributed by atoms with van der Waals surface area (Å²) >= 11 is 3.32. The maximum Gasteiger partial charge on any atom is 0.306 e. The van der Waals surface area contributed by atoms with Gasteiger partial charge in [-0.2, -0.15) is 0 Å². The highest BCUT2D eigenvalue weighted by Crippen LogP contribution is 2.16. The number of benzene rings is 1. The third kappa shape index (κ3) is 4.34. The van der Waals surface area contributed by atoms with Gasteiger partial charge in [-0.25, -0.2) is 0 Å². The van der Waals surface area contributed by atoms with E-state index in [1.165, 1.54) is 0 Å². The Morgan fingerprint density at radius 2 is 2.07 bits per heavy atom. The number of hydrogen-bond acceptors (Lipinski definition) is 2. The summed E-state index contributed by atoms with van der Waals surface area (Å²) in [5, 5.41) is 8.65. The minimum absolute atomic E-state index is 0.361. The molecule has 1 aromatic rings. The minimum atomic E-state index is -0.783. The summed E-state index contributed by atoms with van der Waals surface area (Å²) in [5.74, 6) is -0.384. The van der Waals surface area contributed by atoms with Gasteiger partial charge in [0.15, 0.2) is 0 Å². The van der Waals surface area contributed by atoms with Gasteiger partial charge in [0.25, 0.3) is 0 Å². The molecule has 0 aromatic heterocycles. The van der Waals surface area contributed by atoms with Crippen molar-refractivity contribution in [3.63, 3.8) is 0 Å². The second kappa shape index (κ2) is 5.75. The van der Waals surface area contributed by atoms with Crippen LogP contribution in [-0.4, -0.2) is 17.7 Å². The number of halogens is 1. The molecule has 4 heteroatoms. The fourth-order valence-corrected chi connectivity index (χ4v) is 1.27. The Balaban J connectivity index is 2.32. The summed E-state index contributed by atoms with van der Waals surface area (Å²) in [6, 6.07) is 7.46. The van der Waals surface area contributed by atoms with Crippen molar-refractivity contribution in [2.75, 3.05) is 6.61 Å². The van der Waals surface area contributed by atoms with Gasteiger partial charge in [0, 0.05) is 4.47 Å². The van der Waals surface area contributed by atoms with Crippen molar-refractivity contribution < 1.29 is 14.6 Å². The van der Waals surface area contributed by atoms with Gasteiger partial charge < -0.3 is 9.84 Å². The van der Waals surface area contributed by atoms with E-state index < -0.39 is 5.97 Å². The van der Waals surface area contributed by atoms with Crippen molar-refractivity contribution >= 4 is 21.9 Å². The quantitative estimate of drug-likeness (QED) is 0.897. The van der Waals surface area contributed by atoms with Crippen molar-refractivity contribution in [3.8, 4) is 5.75 Å². The first kappa shape index (κ1) is 12.0. The predicted octanol–water partition coefficient (Wildman–Crippen LogP) is 2.94. The number of carboxylic acids is 1. The molecule has 0 fully saturated rings. The van der Waals surface area contributed by atoms with Gasteiger partial charge in [-0.3, -0.25) is 4.79 Å². The highest BCUT2D eigenvalue weighted by atomic mass is 79.9. The normalized spacial score (nSPS) is 12.1. The molecule has 0 aliphatic heterocycles. The molecule has 82 valence electrons. The second-order valence-corrected chi connectivity index (χ2v) is 4.25. The van der Waals surface area contributed by atoms with Gasteiger partial charge in [-0.1, -0.05) is 22.9 Å². The average Bonchev–Trinajstić information content (AvgIpc) is 2.20. The van der Waals surface area contributed by atoms with Gasteiger partial charge in [0.2, 0.25) is 0 Å². The molecule has 0 aliphatic rings. The summed E-state index contributed by atoms with van der Waals surface area (Å²) in [5.41, 5.74) is 0. The first-order valence-electron chi connectivity index (χ1n) is 4.71. The van der Waals surface area contributed by atoms with Gasteiger partial charge in [-0.15, -0.1) is 0 Å². The fourth-order valence-electron chi connectivity index (χ4n) is 1.01. The Kier molecular flexibility index (Phi) is 4.62. The molecule has 1 atom stereocenters. The molecule has 0 aliphatic carbocycles. The number of carboxylic acid groups (broad SMARTS) is 1. The van der Waals surface area contributed by atoms with Crippen LogP contribution in [0.15, 0.2) is 28.7 Å². The van der Waals surface area contributed by atoms with Crippen molar-refractivity contribution in [2.45, 2.75) is 13.3 Å². The third-order valence-electron chi connectivity index (χ3n) is 2.05. The first-order valence-corrected chi connectivity index (χ1v) is 5.50. The van der Waals surface area contributed by atoms with Crippen LogP contribution in [0.2, 0.25) is 0 Å². The summed E-state index contributed by atoms with van der Waals surface area (Å²) in [6.45, 7) is 2.10. The van der Waals surface area contributed by atoms with Crippen molar-refractivity contribution in [1.29, 1.82) is 0 Å². The zero-order valence-corrected chi connectivity index (χ0v) is 10.0. The zero-order valence-electron chi connectivity index (χ0n) is 8.44. The molecule has 1 unspecified atom stereocenters. The van der Waals surface area contributed by atoms with E-state index in [0.717, 1.165) is 10.2 Å². The summed E-state index contributed by atoms with van der Waals surface area (Å²) in [4.78, 5) is 10.5. The average molecular weight is 273 g/mol. The van der Waals surface area contributed by atoms with E-state index >= 15 is 0 Å². The highest BCUT2D eigenvalue weighted by molar-refractivity contribution is 9.10. The zero-order chi connectivity index (χ0) is 11.3. The Morgan fingerprint density at radius 1 is 1.47 bits per heavy atom. The van der Waals surface area contributed by atoms with Crippen LogP contribution in [0.4, 0.5) is 0 Å². The maximum atomic E-state index is 10.5. The van der Waals surface area contributed by atoms with Crippen molar-refractivity contribution in [3.05, 3.63) is 28.7 Å². The van der Waals surface area contributed by atoms with E-state index in [1.807, 2.05) is 24.3 Å². The van der Waals surface area contributed by atoms with Crippen LogP contribution in [0.5, 0.6) is 5.75 Å². The lowest BCUT2D eigenvalue weighted by molar-refractivity contribution is -0.141. The monoisotopic (exact) mass is 272 g/mol. The molecule has 1 N–H and O–H groups in total. The number of rotatable bonds is 5. The van der Waals surface area contributed by atoms with E-state index in [9.17, 15) is 4.79 Å². The smallest absolute Gasteiger partial charge is 0.306 e. The van der Waals surface area contributed by atoms with Crippen molar-refractivity contribution in [2.24, 2.45) is 5.92 Å². The lowest BCUT2D eigenvalue weighted by Gasteiger charge is -2.08. The number of carbonyl (C=O) groups is 1. The van der Waals surface area contributed by atoms with E-state index in [1.54, 1.807) is 6.92 Å². The first-order chi connectivity index (χ1) is 7.09. The van der Waals surface area contributed by atoms with Crippen LogP contribution in [0, 0.1) is 5.92 Å². The molecule has 0 saturated heterocycles. The van der Waals surface area contributed by atoms with E-state index in [4.69, 9.17) is 9.84 Å². The van der Waals surface area contributed by atoms with Gasteiger partial charge >= 0.3 is 5.97 Å². The van der Waals surface area contributed by atoms with Crippen molar-refractivity contribution in [1.82, 2.24) is 0 Å². The Morgan fingerprint density at radius 3 is 2.60 bits per heavy atom. The summed E-state index contributed by atoms with van der Waals surface area (Å²) < 4.78 is 6.39. The van der Waals surface area contributed by atoms with Crippen LogP contribution >= 0.6 is 15.9 Å². The van der Waals surface area contributed by atoms with Crippen LogP contribution in [-0.2, 0) is 4.79 Å². The maximum absolute atomic E-state index is 10.5. The van der Waals surface area contributed by atoms with E-state index in [0.29, 0.717) is 13.0 Å². The summed E-state index contributed by atoms with van der Waals surface area (Å²) in [6.07, 6.45) is 0.519. The molecule has 15 heavy (non-hydrogen) atoms. The minimum Gasteiger partial charge on any atom is -0.494 e. The molecular weight excluding hydrogens is 260 g/mol. The molecule has 0 bridgehead atoms. The molecule has 0 spiro atoms. The number of hydrogen-bond donors (Lipinski definition) is 1. The van der Waals surface area contributed by atoms with Gasteiger partial charge in [0.1, 0.15) is 5.75 Å². The van der Waals surface area contributed by atoms with Crippen LogP contribution in [0.1, 0.15) is 13.3 Å². The van der Waals surface area contributed by atoms with E-state index in [2.05, 4.69) is 15.9 Å². The molecule has 0 radical (unpaired) electrons. The van der Waals surface area contributed by atoms with Gasteiger partial charge in [0.05, 0.1) is 12.5 Å². The largest absolute Gasteiger partial charge is 0.494 e. The number of aliphatic carboxylic acids is 1. The lowest BCUT2D eigenvalue weighted by Crippen LogP contribution is -2.13. The molecule has 0 amide bonds. The molecule has 1 rings (SSSR count). The van der Waals surface area contributed by atoms with Crippen LogP contribution in [0.25, 0.3) is 0 Å². The Bertz CT molecular complexity index is 321. The third-order valence-corrected chi connectivity index (χ3v) is 2.58.